The lowest BCUT2D eigenvalue weighted by Crippen LogP contribution is -2.35. The van der Waals surface area contributed by atoms with Gasteiger partial charge in [-0.15, -0.1) is 0 Å². The molecule has 1 aromatic carbocycles. The maximum atomic E-state index is 5.45. The minimum atomic E-state index is 0.554. The van der Waals surface area contributed by atoms with E-state index < -0.39 is 0 Å². The molecular weight excluding hydrogens is 262 g/mol. The van der Waals surface area contributed by atoms with Crippen LogP contribution >= 0.6 is 0 Å². The summed E-state index contributed by atoms with van der Waals surface area (Å²) in [5.74, 6) is 0.554. The number of para-hydroxylation sites is 1. The fourth-order valence-corrected chi connectivity index (χ4v) is 3.23. The van der Waals surface area contributed by atoms with Gasteiger partial charge in [0.05, 0.1) is 5.69 Å². The van der Waals surface area contributed by atoms with Crippen molar-refractivity contribution in [1.29, 1.82) is 0 Å². The number of fused-ring (bicyclic) bond motifs is 1. The number of hydrogen-bond donors (Lipinski definition) is 1. The van der Waals surface area contributed by atoms with Gasteiger partial charge in [0.25, 0.3) is 0 Å². The average Bonchev–Trinajstić information content (AvgIpc) is 2.96. The van der Waals surface area contributed by atoms with E-state index in [4.69, 9.17) is 4.52 Å². The van der Waals surface area contributed by atoms with Crippen LogP contribution in [0.15, 0.2) is 28.8 Å². The molecule has 3 rings (SSSR count). The Hall–Kier alpha value is -1.39. The molecular formula is C17H25N3O. The van der Waals surface area contributed by atoms with E-state index in [-0.39, 0.29) is 0 Å². The van der Waals surface area contributed by atoms with Crippen molar-refractivity contribution in [2.75, 3.05) is 32.7 Å². The van der Waals surface area contributed by atoms with Crippen LogP contribution in [0.25, 0.3) is 11.0 Å². The van der Waals surface area contributed by atoms with Crippen LogP contribution < -0.4 is 5.32 Å². The van der Waals surface area contributed by atoms with E-state index in [1.54, 1.807) is 0 Å². The van der Waals surface area contributed by atoms with Crippen molar-refractivity contribution >= 4 is 11.0 Å². The van der Waals surface area contributed by atoms with Crippen LogP contribution in [0.1, 0.15) is 37.8 Å². The van der Waals surface area contributed by atoms with Crippen molar-refractivity contribution in [3.05, 3.63) is 30.0 Å². The van der Waals surface area contributed by atoms with Crippen LogP contribution in [0, 0.1) is 0 Å². The average molecular weight is 287 g/mol. The molecule has 2 heterocycles. The van der Waals surface area contributed by atoms with Crippen LogP contribution in [-0.4, -0.2) is 42.8 Å². The van der Waals surface area contributed by atoms with Crippen LogP contribution in [0.4, 0.5) is 0 Å². The summed E-state index contributed by atoms with van der Waals surface area (Å²) in [5, 5.41) is 8.91. The fraction of sp³-hybridized carbons (Fsp3) is 0.588. The minimum Gasteiger partial charge on any atom is -0.356 e. The molecule has 1 aliphatic rings. The Morgan fingerprint density at radius 1 is 1.29 bits per heavy atom. The standard InChI is InChI=1S/C17H25N3O/c1-2-18-10-5-11-20-12-8-14(9-13-20)17-15-6-3-4-7-16(15)21-19-17/h3-4,6-7,14,18H,2,5,8-13H2,1H3. The Morgan fingerprint density at radius 2 is 2.10 bits per heavy atom. The van der Waals surface area contributed by atoms with Gasteiger partial charge >= 0.3 is 0 Å². The predicted molar refractivity (Wildman–Crippen MR) is 85.6 cm³/mol. The maximum Gasteiger partial charge on any atom is 0.167 e. The minimum absolute atomic E-state index is 0.554. The number of likely N-dealkylation sites (tertiary alicyclic amines) is 1. The summed E-state index contributed by atoms with van der Waals surface area (Å²) < 4.78 is 5.45. The first-order valence-corrected chi connectivity index (χ1v) is 8.16. The summed E-state index contributed by atoms with van der Waals surface area (Å²) >= 11 is 0. The fourth-order valence-electron chi connectivity index (χ4n) is 3.23. The molecule has 0 aliphatic carbocycles. The summed E-state index contributed by atoms with van der Waals surface area (Å²) in [4.78, 5) is 2.58. The van der Waals surface area contributed by atoms with E-state index in [0.29, 0.717) is 5.92 Å². The van der Waals surface area contributed by atoms with Crippen LogP contribution in [0.2, 0.25) is 0 Å². The van der Waals surface area contributed by atoms with Crippen molar-refractivity contribution < 1.29 is 4.52 Å². The number of nitrogens with one attached hydrogen (secondary N) is 1. The number of rotatable bonds is 6. The Morgan fingerprint density at radius 3 is 2.90 bits per heavy atom. The van der Waals surface area contributed by atoms with Crippen LogP contribution in [-0.2, 0) is 0 Å². The second kappa shape index (κ2) is 7.05. The molecule has 0 atom stereocenters. The zero-order chi connectivity index (χ0) is 14.5. The summed E-state index contributed by atoms with van der Waals surface area (Å²) in [7, 11) is 0. The van der Waals surface area contributed by atoms with Gasteiger partial charge in [-0.05, 0) is 64.1 Å². The summed E-state index contributed by atoms with van der Waals surface area (Å²) in [5.41, 5.74) is 2.08. The number of nitrogens with zero attached hydrogens (tertiary/aromatic N) is 2. The van der Waals surface area contributed by atoms with Gasteiger partial charge in [-0.25, -0.2) is 0 Å². The monoisotopic (exact) mass is 287 g/mol. The van der Waals surface area contributed by atoms with Crippen LogP contribution in [0.5, 0.6) is 0 Å². The molecule has 0 unspecified atom stereocenters. The van der Waals surface area contributed by atoms with E-state index >= 15 is 0 Å². The molecule has 114 valence electrons. The lowest BCUT2D eigenvalue weighted by molar-refractivity contribution is 0.207. The quantitative estimate of drug-likeness (QED) is 0.829. The molecule has 4 heteroatoms. The lowest BCUT2D eigenvalue weighted by Gasteiger charge is -2.31. The van der Waals surface area contributed by atoms with Gasteiger partial charge in [0.15, 0.2) is 5.58 Å². The smallest absolute Gasteiger partial charge is 0.167 e. The number of aromatic nitrogens is 1. The molecule has 1 aromatic heterocycles. The van der Waals surface area contributed by atoms with Crippen molar-refractivity contribution in [2.45, 2.75) is 32.1 Å². The van der Waals surface area contributed by atoms with Gasteiger partial charge in [-0.3, -0.25) is 0 Å². The first-order chi connectivity index (χ1) is 10.4. The highest BCUT2D eigenvalue weighted by Gasteiger charge is 2.24. The van der Waals surface area contributed by atoms with Crippen molar-refractivity contribution in [3.8, 4) is 0 Å². The van der Waals surface area contributed by atoms with E-state index in [2.05, 4.69) is 34.4 Å². The van der Waals surface area contributed by atoms with Gasteiger partial charge in [0.2, 0.25) is 0 Å². The van der Waals surface area contributed by atoms with Crippen molar-refractivity contribution in [1.82, 2.24) is 15.4 Å². The first kappa shape index (κ1) is 14.5. The van der Waals surface area contributed by atoms with E-state index in [1.807, 2.05) is 12.1 Å². The zero-order valence-electron chi connectivity index (χ0n) is 12.8. The molecule has 4 nitrogen and oxygen atoms in total. The van der Waals surface area contributed by atoms with Crippen LogP contribution in [0.3, 0.4) is 0 Å². The third kappa shape index (κ3) is 3.44. The van der Waals surface area contributed by atoms with Gasteiger partial charge in [-0.2, -0.15) is 0 Å². The third-order valence-electron chi connectivity index (χ3n) is 4.46. The molecule has 1 fully saturated rings. The van der Waals surface area contributed by atoms with Crippen molar-refractivity contribution in [3.63, 3.8) is 0 Å². The topological polar surface area (TPSA) is 41.3 Å². The summed E-state index contributed by atoms with van der Waals surface area (Å²) in [6.07, 6.45) is 3.63. The van der Waals surface area contributed by atoms with Gasteiger partial charge in [0.1, 0.15) is 0 Å². The number of piperidine rings is 1. The second-order valence-corrected chi connectivity index (χ2v) is 5.89. The number of benzene rings is 1. The molecule has 1 aliphatic heterocycles. The second-order valence-electron chi connectivity index (χ2n) is 5.89. The van der Waals surface area contributed by atoms with Gasteiger partial charge < -0.3 is 14.7 Å². The third-order valence-corrected chi connectivity index (χ3v) is 4.46. The Labute approximate surface area is 126 Å². The molecule has 0 bridgehead atoms. The van der Waals surface area contributed by atoms with Gasteiger partial charge in [0, 0.05) is 11.3 Å². The molecule has 21 heavy (non-hydrogen) atoms. The SMILES string of the molecule is CCNCCCN1CCC(c2noc3ccccc23)CC1. The zero-order valence-corrected chi connectivity index (χ0v) is 12.8. The molecule has 0 saturated carbocycles. The molecule has 1 N–H and O–H groups in total. The summed E-state index contributed by atoms with van der Waals surface area (Å²) in [6, 6.07) is 8.20. The Balaban J connectivity index is 1.54. The highest BCUT2D eigenvalue weighted by molar-refractivity contribution is 5.79. The predicted octanol–water partition coefficient (Wildman–Crippen LogP) is 3.01. The van der Waals surface area contributed by atoms with Crippen molar-refractivity contribution in [2.24, 2.45) is 0 Å². The highest BCUT2D eigenvalue weighted by atomic mass is 16.5. The maximum absolute atomic E-state index is 5.45. The lowest BCUT2D eigenvalue weighted by atomic mass is 9.91. The Kier molecular flexibility index (Phi) is 4.88. The normalized spacial score (nSPS) is 17.6. The molecule has 0 amide bonds. The van der Waals surface area contributed by atoms with E-state index in [1.165, 1.54) is 44.3 Å². The van der Waals surface area contributed by atoms with E-state index in [0.717, 1.165) is 24.4 Å². The first-order valence-electron chi connectivity index (χ1n) is 8.16. The summed E-state index contributed by atoms with van der Waals surface area (Å²) in [6.45, 7) is 7.93. The molecule has 2 aromatic rings. The molecule has 0 radical (unpaired) electrons. The van der Waals surface area contributed by atoms with Gasteiger partial charge in [-0.1, -0.05) is 24.2 Å². The van der Waals surface area contributed by atoms with E-state index in [9.17, 15) is 0 Å². The largest absolute Gasteiger partial charge is 0.356 e. The molecule has 0 spiro atoms. The highest BCUT2D eigenvalue weighted by Crippen LogP contribution is 2.32. The Bertz CT molecular complexity index is 558. The number of hydrogen-bond acceptors (Lipinski definition) is 4. The molecule has 1 saturated heterocycles.